The molecular formula is C19H12N4OS2. The lowest BCUT2D eigenvalue weighted by atomic mass is 10.2. The molecule has 5 rings (SSSR count). The summed E-state index contributed by atoms with van der Waals surface area (Å²) in [4.78, 5) is 23.6. The van der Waals surface area contributed by atoms with E-state index in [-0.39, 0.29) is 5.91 Å². The number of nitrogens with one attached hydrogen (secondary N) is 1. The zero-order valence-electron chi connectivity index (χ0n) is 13.4. The smallest absolute Gasteiger partial charge is 0.273 e. The molecule has 0 bridgehead atoms. The van der Waals surface area contributed by atoms with Gasteiger partial charge in [0.05, 0.1) is 22.3 Å². The molecule has 5 nitrogen and oxygen atoms in total. The molecule has 0 spiro atoms. The molecule has 0 saturated heterocycles. The monoisotopic (exact) mass is 376 g/mol. The lowest BCUT2D eigenvalue weighted by Gasteiger charge is -2.05. The van der Waals surface area contributed by atoms with Crippen LogP contribution in [0.3, 0.4) is 0 Å². The van der Waals surface area contributed by atoms with Crippen LogP contribution in [0.1, 0.15) is 10.5 Å². The first kappa shape index (κ1) is 15.2. The Bertz CT molecular complexity index is 1240. The van der Waals surface area contributed by atoms with Crippen molar-refractivity contribution in [3.05, 3.63) is 71.3 Å². The number of carbonyl (C=O) groups excluding carboxylic acids is 1. The third kappa shape index (κ3) is 2.58. The average Bonchev–Trinajstić information content (AvgIpc) is 3.37. The molecule has 0 aliphatic heterocycles. The molecule has 0 fully saturated rings. The molecule has 0 radical (unpaired) electrons. The van der Waals surface area contributed by atoms with Crippen LogP contribution < -0.4 is 5.32 Å². The van der Waals surface area contributed by atoms with Crippen LogP contribution in [0.5, 0.6) is 0 Å². The number of rotatable bonds is 3. The highest BCUT2D eigenvalue weighted by Gasteiger charge is 2.16. The van der Waals surface area contributed by atoms with Crippen LogP contribution in [0, 0.1) is 0 Å². The first-order chi connectivity index (χ1) is 12.8. The summed E-state index contributed by atoms with van der Waals surface area (Å²) in [7, 11) is 0. The topological polar surface area (TPSA) is 59.3 Å². The highest BCUT2D eigenvalue weighted by atomic mass is 32.1. The molecule has 0 aliphatic carbocycles. The van der Waals surface area contributed by atoms with Crippen LogP contribution in [0.4, 0.5) is 5.69 Å². The Kier molecular flexibility index (Phi) is 3.55. The van der Waals surface area contributed by atoms with Crippen molar-refractivity contribution in [1.29, 1.82) is 0 Å². The second-order valence-electron chi connectivity index (χ2n) is 5.75. The maximum absolute atomic E-state index is 12.7. The third-order valence-electron chi connectivity index (χ3n) is 4.06. The molecule has 5 aromatic rings. The standard InChI is InChI=1S/C19H12N4OS2/c24-18(21-13-8-12-4-1-2-5-14(12)20-9-13)16-11-26-19-22-15(10-23(16)19)17-6-3-7-25-17/h1-11H,(H,21,24). The van der Waals surface area contributed by atoms with Crippen molar-refractivity contribution in [2.24, 2.45) is 0 Å². The van der Waals surface area contributed by atoms with E-state index in [2.05, 4.69) is 15.3 Å². The maximum Gasteiger partial charge on any atom is 0.273 e. The van der Waals surface area contributed by atoms with Crippen molar-refractivity contribution in [3.63, 3.8) is 0 Å². The molecule has 126 valence electrons. The molecule has 1 N–H and O–H groups in total. The van der Waals surface area contributed by atoms with E-state index in [1.807, 2.05) is 63.8 Å². The SMILES string of the molecule is O=C(Nc1cnc2ccccc2c1)c1csc2nc(-c3cccs3)cn12. The summed E-state index contributed by atoms with van der Waals surface area (Å²) in [6.45, 7) is 0. The number of fused-ring (bicyclic) bond motifs is 2. The Labute approximate surface area is 156 Å². The number of imidazole rings is 1. The van der Waals surface area contributed by atoms with Gasteiger partial charge >= 0.3 is 0 Å². The summed E-state index contributed by atoms with van der Waals surface area (Å²) in [5.74, 6) is -0.177. The molecule has 1 amide bonds. The molecule has 26 heavy (non-hydrogen) atoms. The van der Waals surface area contributed by atoms with E-state index in [0.717, 1.165) is 26.4 Å². The number of amides is 1. The lowest BCUT2D eigenvalue weighted by Crippen LogP contribution is -2.14. The van der Waals surface area contributed by atoms with E-state index >= 15 is 0 Å². The average molecular weight is 376 g/mol. The zero-order chi connectivity index (χ0) is 17.5. The van der Waals surface area contributed by atoms with Gasteiger partial charge in [-0.2, -0.15) is 0 Å². The van der Waals surface area contributed by atoms with E-state index < -0.39 is 0 Å². The van der Waals surface area contributed by atoms with Crippen LogP contribution >= 0.6 is 22.7 Å². The minimum atomic E-state index is -0.177. The second-order valence-corrected chi connectivity index (χ2v) is 7.53. The predicted octanol–water partition coefficient (Wildman–Crippen LogP) is 4.92. The Morgan fingerprint density at radius 2 is 2.04 bits per heavy atom. The number of hydrogen-bond donors (Lipinski definition) is 1. The Morgan fingerprint density at radius 1 is 1.12 bits per heavy atom. The summed E-state index contributed by atoms with van der Waals surface area (Å²) in [5, 5.41) is 7.76. The van der Waals surface area contributed by atoms with Crippen LogP contribution in [0.15, 0.2) is 65.6 Å². The molecule has 1 aromatic carbocycles. The number of hydrogen-bond acceptors (Lipinski definition) is 5. The summed E-state index contributed by atoms with van der Waals surface area (Å²) in [6.07, 6.45) is 3.58. The van der Waals surface area contributed by atoms with E-state index in [9.17, 15) is 4.79 Å². The van der Waals surface area contributed by atoms with Crippen molar-refractivity contribution in [3.8, 4) is 10.6 Å². The van der Waals surface area contributed by atoms with Crippen LogP contribution in [-0.4, -0.2) is 20.3 Å². The minimum Gasteiger partial charge on any atom is -0.319 e. The van der Waals surface area contributed by atoms with E-state index in [4.69, 9.17) is 0 Å². The van der Waals surface area contributed by atoms with Gasteiger partial charge in [0, 0.05) is 17.0 Å². The first-order valence-electron chi connectivity index (χ1n) is 7.94. The van der Waals surface area contributed by atoms with Gasteiger partial charge in [-0.05, 0) is 23.6 Å². The van der Waals surface area contributed by atoms with Crippen LogP contribution in [0.25, 0.3) is 26.4 Å². The third-order valence-corrected chi connectivity index (χ3v) is 5.80. The van der Waals surface area contributed by atoms with Gasteiger partial charge in [0.1, 0.15) is 11.4 Å². The predicted molar refractivity (Wildman–Crippen MR) is 106 cm³/mol. The van der Waals surface area contributed by atoms with Gasteiger partial charge in [-0.3, -0.25) is 14.2 Å². The summed E-state index contributed by atoms with van der Waals surface area (Å²) in [6, 6.07) is 13.8. The number of anilines is 1. The van der Waals surface area contributed by atoms with Gasteiger partial charge in [-0.1, -0.05) is 24.3 Å². The Hall–Kier alpha value is -3.03. The highest BCUT2D eigenvalue weighted by Crippen LogP contribution is 2.27. The van der Waals surface area contributed by atoms with Crippen molar-refractivity contribution in [2.75, 3.05) is 5.32 Å². The number of para-hydroxylation sites is 1. The number of pyridine rings is 1. The number of thiazole rings is 1. The highest BCUT2D eigenvalue weighted by molar-refractivity contribution is 7.15. The normalized spacial score (nSPS) is 11.2. The summed E-state index contributed by atoms with van der Waals surface area (Å²) >= 11 is 3.09. The Morgan fingerprint density at radius 3 is 2.92 bits per heavy atom. The van der Waals surface area contributed by atoms with E-state index in [1.54, 1.807) is 17.5 Å². The number of nitrogens with zero attached hydrogens (tertiary/aromatic N) is 3. The molecule has 0 unspecified atom stereocenters. The number of thiophene rings is 1. The lowest BCUT2D eigenvalue weighted by molar-refractivity contribution is 0.102. The number of aromatic nitrogens is 3. The molecule has 0 atom stereocenters. The number of benzene rings is 1. The van der Waals surface area contributed by atoms with Gasteiger partial charge in [-0.25, -0.2) is 4.98 Å². The van der Waals surface area contributed by atoms with E-state index in [1.165, 1.54) is 11.3 Å². The molecule has 0 aliphatic rings. The van der Waals surface area contributed by atoms with Crippen molar-refractivity contribution in [2.45, 2.75) is 0 Å². The quantitative estimate of drug-likeness (QED) is 0.486. The fraction of sp³-hybridized carbons (Fsp3) is 0. The van der Waals surface area contributed by atoms with Crippen LogP contribution in [0.2, 0.25) is 0 Å². The number of carbonyl (C=O) groups is 1. The van der Waals surface area contributed by atoms with Crippen molar-refractivity contribution in [1.82, 2.24) is 14.4 Å². The van der Waals surface area contributed by atoms with Gasteiger partial charge in [0.25, 0.3) is 5.91 Å². The fourth-order valence-corrected chi connectivity index (χ4v) is 4.36. The van der Waals surface area contributed by atoms with Gasteiger partial charge < -0.3 is 5.32 Å². The van der Waals surface area contributed by atoms with Gasteiger partial charge in [-0.15, -0.1) is 22.7 Å². The second kappa shape index (κ2) is 6.05. The first-order valence-corrected chi connectivity index (χ1v) is 9.70. The van der Waals surface area contributed by atoms with E-state index in [0.29, 0.717) is 11.4 Å². The van der Waals surface area contributed by atoms with Crippen molar-refractivity contribution < 1.29 is 4.79 Å². The van der Waals surface area contributed by atoms with Crippen molar-refractivity contribution >= 4 is 50.1 Å². The Balaban J connectivity index is 1.47. The summed E-state index contributed by atoms with van der Waals surface area (Å²) < 4.78 is 1.84. The zero-order valence-corrected chi connectivity index (χ0v) is 15.1. The largest absolute Gasteiger partial charge is 0.319 e. The van der Waals surface area contributed by atoms with Crippen LogP contribution in [-0.2, 0) is 0 Å². The maximum atomic E-state index is 12.7. The molecule has 7 heteroatoms. The minimum absolute atomic E-state index is 0.177. The summed E-state index contributed by atoms with van der Waals surface area (Å²) in [5.41, 5.74) is 3.02. The van der Waals surface area contributed by atoms with Gasteiger partial charge in [0.15, 0.2) is 4.96 Å². The van der Waals surface area contributed by atoms with Gasteiger partial charge in [0.2, 0.25) is 0 Å². The molecule has 0 saturated carbocycles. The molecule has 4 heterocycles. The molecule has 4 aromatic heterocycles. The fourth-order valence-electron chi connectivity index (χ4n) is 2.82. The molecular weight excluding hydrogens is 364 g/mol.